The Morgan fingerprint density at radius 1 is 1.00 bits per heavy atom. The molecular weight excluding hydrogens is 302 g/mol. The number of hydrogen-bond donors (Lipinski definition) is 3. The maximum atomic E-state index is 11.6. The highest BCUT2D eigenvalue weighted by molar-refractivity contribution is 5.73. The van der Waals surface area contributed by atoms with E-state index in [-0.39, 0.29) is 12.6 Å². The molecule has 2 rings (SSSR count). The molecule has 0 heterocycles. The molecule has 0 saturated carbocycles. The van der Waals surface area contributed by atoms with Gasteiger partial charge in [0.1, 0.15) is 0 Å². The molecule has 0 atom stereocenters. The van der Waals surface area contributed by atoms with E-state index in [0.717, 1.165) is 23.5 Å². The summed E-state index contributed by atoms with van der Waals surface area (Å²) in [5.74, 6) is 0. The molecule has 0 spiro atoms. The number of nitrogens with zero attached hydrogens (tertiary/aromatic N) is 1. The molecule has 0 aromatic heterocycles. The van der Waals surface area contributed by atoms with Crippen molar-refractivity contribution >= 4 is 17.4 Å². The van der Waals surface area contributed by atoms with Crippen LogP contribution in [-0.2, 0) is 6.54 Å². The second kappa shape index (κ2) is 9.57. The molecule has 0 aliphatic rings. The molecule has 0 radical (unpaired) electrons. The minimum absolute atomic E-state index is 0.0804. The molecule has 5 nitrogen and oxygen atoms in total. The molecule has 0 fully saturated rings. The number of amides is 2. The zero-order chi connectivity index (χ0) is 17.2. The minimum Gasteiger partial charge on any atom is -0.396 e. The summed E-state index contributed by atoms with van der Waals surface area (Å²) in [4.78, 5) is 13.8. The van der Waals surface area contributed by atoms with E-state index >= 15 is 0 Å². The van der Waals surface area contributed by atoms with Crippen LogP contribution in [-0.4, -0.2) is 30.8 Å². The number of aliphatic hydroxyl groups is 1. The number of carbonyl (C=O) groups is 1. The molecule has 0 unspecified atom stereocenters. The van der Waals surface area contributed by atoms with Crippen molar-refractivity contribution in [3.8, 4) is 0 Å². The van der Waals surface area contributed by atoms with Crippen molar-refractivity contribution < 1.29 is 9.90 Å². The van der Waals surface area contributed by atoms with E-state index in [0.29, 0.717) is 19.5 Å². The van der Waals surface area contributed by atoms with Crippen molar-refractivity contribution in [1.29, 1.82) is 0 Å². The van der Waals surface area contributed by atoms with Crippen LogP contribution in [0.4, 0.5) is 16.2 Å². The van der Waals surface area contributed by atoms with Gasteiger partial charge in [-0.2, -0.15) is 0 Å². The maximum absolute atomic E-state index is 11.6. The fourth-order valence-corrected chi connectivity index (χ4v) is 2.44. The highest BCUT2D eigenvalue weighted by Crippen LogP contribution is 2.24. The topological polar surface area (TPSA) is 64.6 Å². The van der Waals surface area contributed by atoms with Gasteiger partial charge in [0.15, 0.2) is 0 Å². The molecule has 2 aromatic carbocycles. The van der Waals surface area contributed by atoms with Gasteiger partial charge in [-0.3, -0.25) is 0 Å². The van der Waals surface area contributed by atoms with E-state index in [9.17, 15) is 4.79 Å². The first kappa shape index (κ1) is 17.8. The zero-order valence-electron chi connectivity index (χ0n) is 14.0. The molecular formula is C19H25N3O2. The number of anilines is 2. The van der Waals surface area contributed by atoms with Gasteiger partial charge in [-0.15, -0.1) is 0 Å². The zero-order valence-corrected chi connectivity index (χ0v) is 14.0. The lowest BCUT2D eigenvalue weighted by Gasteiger charge is -2.23. The number of carbonyl (C=O) groups excluding carboxylic acids is 1. The third-order valence-corrected chi connectivity index (χ3v) is 3.71. The Bertz CT molecular complexity index is 614. The van der Waals surface area contributed by atoms with Crippen molar-refractivity contribution in [3.63, 3.8) is 0 Å². The lowest BCUT2D eigenvalue weighted by molar-refractivity contribution is 0.237. The van der Waals surface area contributed by atoms with Crippen LogP contribution in [0.1, 0.15) is 18.9 Å². The Balaban J connectivity index is 1.91. The van der Waals surface area contributed by atoms with Crippen molar-refractivity contribution in [1.82, 2.24) is 10.6 Å². The summed E-state index contributed by atoms with van der Waals surface area (Å²) in [5.41, 5.74) is 3.33. The molecule has 0 saturated heterocycles. The normalized spacial score (nSPS) is 10.2. The van der Waals surface area contributed by atoms with Gasteiger partial charge in [0.05, 0.1) is 0 Å². The van der Waals surface area contributed by atoms with Crippen LogP contribution >= 0.6 is 0 Å². The van der Waals surface area contributed by atoms with Gasteiger partial charge in [0.25, 0.3) is 0 Å². The van der Waals surface area contributed by atoms with E-state index in [1.54, 1.807) is 0 Å². The first-order chi connectivity index (χ1) is 11.7. The third-order valence-electron chi connectivity index (χ3n) is 3.71. The standard InChI is InChI=1S/C19H25N3O2/c1-2-22(17-7-4-3-5-8-17)18-11-9-16(10-12-18)15-21-19(24)20-13-6-14-23/h3-5,7-12,23H,2,6,13-15H2,1H3,(H2,20,21,24). The SMILES string of the molecule is CCN(c1ccccc1)c1ccc(CNC(=O)NCCCO)cc1. The van der Waals surface area contributed by atoms with E-state index in [2.05, 4.69) is 46.7 Å². The van der Waals surface area contributed by atoms with Crippen LogP contribution in [0.15, 0.2) is 54.6 Å². The lowest BCUT2D eigenvalue weighted by Crippen LogP contribution is -2.35. The molecule has 0 bridgehead atoms. The Morgan fingerprint density at radius 3 is 2.29 bits per heavy atom. The predicted octanol–water partition coefficient (Wildman–Crippen LogP) is 3.03. The number of benzene rings is 2. The summed E-state index contributed by atoms with van der Waals surface area (Å²) >= 11 is 0. The van der Waals surface area contributed by atoms with Crippen LogP contribution < -0.4 is 15.5 Å². The van der Waals surface area contributed by atoms with Gasteiger partial charge < -0.3 is 20.6 Å². The van der Waals surface area contributed by atoms with Crippen LogP contribution in [0.3, 0.4) is 0 Å². The second-order valence-corrected chi connectivity index (χ2v) is 5.43. The number of aliphatic hydroxyl groups excluding tert-OH is 1. The highest BCUT2D eigenvalue weighted by atomic mass is 16.3. The van der Waals surface area contributed by atoms with Gasteiger partial charge in [0, 0.05) is 37.6 Å². The van der Waals surface area contributed by atoms with Crippen LogP contribution in [0, 0.1) is 0 Å². The summed E-state index contributed by atoms with van der Waals surface area (Å²) in [6, 6.07) is 18.2. The summed E-state index contributed by atoms with van der Waals surface area (Å²) in [5, 5.41) is 14.2. The fourth-order valence-electron chi connectivity index (χ4n) is 2.44. The quantitative estimate of drug-likeness (QED) is 0.653. The molecule has 128 valence electrons. The predicted molar refractivity (Wildman–Crippen MR) is 97.5 cm³/mol. The number of para-hydroxylation sites is 1. The lowest BCUT2D eigenvalue weighted by atomic mass is 10.1. The molecule has 5 heteroatoms. The maximum Gasteiger partial charge on any atom is 0.315 e. The number of rotatable bonds is 8. The average molecular weight is 327 g/mol. The van der Waals surface area contributed by atoms with Gasteiger partial charge in [0.2, 0.25) is 0 Å². The van der Waals surface area contributed by atoms with E-state index in [4.69, 9.17) is 5.11 Å². The summed E-state index contributed by atoms with van der Waals surface area (Å²) in [6.07, 6.45) is 0.564. The first-order valence-corrected chi connectivity index (χ1v) is 8.28. The summed E-state index contributed by atoms with van der Waals surface area (Å²) < 4.78 is 0. The smallest absolute Gasteiger partial charge is 0.315 e. The molecule has 0 aliphatic carbocycles. The second-order valence-electron chi connectivity index (χ2n) is 5.43. The van der Waals surface area contributed by atoms with Crippen LogP contribution in [0.5, 0.6) is 0 Å². The Kier molecular flexibility index (Phi) is 7.11. The number of nitrogens with one attached hydrogen (secondary N) is 2. The van der Waals surface area contributed by atoms with E-state index in [1.165, 1.54) is 0 Å². The van der Waals surface area contributed by atoms with E-state index < -0.39 is 0 Å². The van der Waals surface area contributed by atoms with Crippen molar-refractivity contribution in [2.75, 3.05) is 24.6 Å². The molecule has 0 aliphatic heterocycles. The molecule has 2 amide bonds. The Morgan fingerprint density at radius 2 is 1.67 bits per heavy atom. The van der Waals surface area contributed by atoms with Gasteiger partial charge in [-0.05, 0) is 43.2 Å². The Hall–Kier alpha value is -2.53. The number of urea groups is 1. The minimum atomic E-state index is -0.216. The van der Waals surface area contributed by atoms with Crippen LogP contribution in [0.2, 0.25) is 0 Å². The molecule has 2 aromatic rings. The monoisotopic (exact) mass is 327 g/mol. The largest absolute Gasteiger partial charge is 0.396 e. The Labute approximate surface area is 143 Å². The van der Waals surface area contributed by atoms with Gasteiger partial charge in [-0.1, -0.05) is 30.3 Å². The first-order valence-electron chi connectivity index (χ1n) is 8.28. The van der Waals surface area contributed by atoms with Gasteiger partial charge >= 0.3 is 6.03 Å². The molecule has 24 heavy (non-hydrogen) atoms. The summed E-state index contributed by atoms with van der Waals surface area (Å²) in [6.45, 7) is 4.04. The van der Waals surface area contributed by atoms with Crippen molar-refractivity contribution in [2.24, 2.45) is 0 Å². The highest BCUT2D eigenvalue weighted by Gasteiger charge is 2.07. The summed E-state index contributed by atoms with van der Waals surface area (Å²) in [7, 11) is 0. The number of hydrogen-bond acceptors (Lipinski definition) is 3. The fraction of sp³-hybridized carbons (Fsp3) is 0.316. The van der Waals surface area contributed by atoms with E-state index in [1.807, 2.05) is 30.3 Å². The van der Waals surface area contributed by atoms with Gasteiger partial charge in [-0.25, -0.2) is 4.79 Å². The van der Waals surface area contributed by atoms with Crippen LogP contribution in [0.25, 0.3) is 0 Å². The van der Waals surface area contributed by atoms with Crippen molar-refractivity contribution in [3.05, 3.63) is 60.2 Å². The third kappa shape index (κ3) is 5.28. The average Bonchev–Trinajstić information content (AvgIpc) is 2.63. The molecule has 3 N–H and O–H groups in total. The van der Waals surface area contributed by atoms with Crippen molar-refractivity contribution in [2.45, 2.75) is 19.9 Å².